The van der Waals surface area contributed by atoms with Crippen LogP contribution in [-0.2, 0) is 6.42 Å². The van der Waals surface area contributed by atoms with Gasteiger partial charge in [0.15, 0.2) is 5.82 Å². The summed E-state index contributed by atoms with van der Waals surface area (Å²) in [6.07, 6.45) is 5.43. The van der Waals surface area contributed by atoms with Gasteiger partial charge in [-0.15, -0.1) is 0 Å². The van der Waals surface area contributed by atoms with Crippen molar-refractivity contribution in [3.8, 4) is 0 Å². The van der Waals surface area contributed by atoms with Gasteiger partial charge >= 0.3 is 5.76 Å². The SMILES string of the molecule is CC1CCCC(CN)(Cc2noc(=O)[nH]2)C1. The number of nitrogens with one attached hydrogen (secondary N) is 1. The normalized spacial score (nSPS) is 30.5. The Bertz CT molecular complexity index is 398. The zero-order valence-electron chi connectivity index (χ0n) is 9.66. The number of H-pyrrole nitrogens is 1. The van der Waals surface area contributed by atoms with Gasteiger partial charge in [-0.2, -0.15) is 0 Å². The lowest BCUT2D eigenvalue weighted by Gasteiger charge is -2.38. The summed E-state index contributed by atoms with van der Waals surface area (Å²) in [5.74, 6) is 0.853. The van der Waals surface area contributed by atoms with Crippen LogP contribution < -0.4 is 11.5 Å². The maximum Gasteiger partial charge on any atom is 0.438 e. The molecule has 0 aliphatic heterocycles. The Labute approximate surface area is 94.4 Å². The molecular weight excluding hydrogens is 206 g/mol. The molecule has 0 aromatic carbocycles. The van der Waals surface area contributed by atoms with Crippen molar-refractivity contribution >= 4 is 0 Å². The number of aromatic nitrogens is 2. The zero-order valence-corrected chi connectivity index (χ0v) is 9.66. The van der Waals surface area contributed by atoms with E-state index in [2.05, 4.69) is 21.6 Å². The van der Waals surface area contributed by atoms with E-state index in [1.165, 1.54) is 12.8 Å². The Balaban J connectivity index is 2.12. The molecule has 0 saturated heterocycles. The third-order valence-electron chi connectivity index (χ3n) is 3.65. The molecule has 3 N–H and O–H groups in total. The monoisotopic (exact) mass is 225 g/mol. The van der Waals surface area contributed by atoms with Gasteiger partial charge in [0.2, 0.25) is 0 Å². The minimum atomic E-state index is -0.481. The van der Waals surface area contributed by atoms with Gasteiger partial charge in [-0.05, 0) is 30.7 Å². The van der Waals surface area contributed by atoms with Gasteiger partial charge in [0.25, 0.3) is 0 Å². The largest absolute Gasteiger partial charge is 0.438 e. The quantitative estimate of drug-likeness (QED) is 0.805. The molecule has 0 spiro atoms. The number of hydrogen-bond donors (Lipinski definition) is 2. The average molecular weight is 225 g/mol. The lowest BCUT2D eigenvalue weighted by atomic mass is 9.68. The molecule has 0 amide bonds. The molecule has 1 heterocycles. The van der Waals surface area contributed by atoms with E-state index in [1.807, 2.05) is 0 Å². The molecule has 5 heteroatoms. The summed E-state index contributed by atoms with van der Waals surface area (Å²) >= 11 is 0. The lowest BCUT2D eigenvalue weighted by Crippen LogP contribution is -2.37. The van der Waals surface area contributed by atoms with Crippen molar-refractivity contribution in [2.24, 2.45) is 17.1 Å². The average Bonchev–Trinajstić information content (AvgIpc) is 2.64. The van der Waals surface area contributed by atoms with Gasteiger partial charge in [-0.3, -0.25) is 9.51 Å². The second-order valence-electron chi connectivity index (χ2n) is 5.12. The molecule has 2 unspecified atom stereocenters. The van der Waals surface area contributed by atoms with Crippen LogP contribution >= 0.6 is 0 Å². The van der Waals surface area contributed by atoms with Crippen molar-refractivity contribution < 1.29 is 4.52 Å². The molecule has 1 aromatic rings. The van der Waals surface area contributed by atoms with Crippen molar-refractivity contribution in [2.45, 2.75) is 39.0 Å². The molecule has 0 bridgehead atoms. The van der Waals surface area contributed by atoms with E-state index in [9.17, 15) is 4.79 Å². The second-order valence-corrected chi connectivity index (χ2v) is 5.12. The van der Waals surface area contributed by atoms with Gasteiger partial charge < -0.3 is 5.73 Å². The van der Waals surface area contributed by atoms with Crippen LogP contribution in [0.1, 0.15) is 38.4 Å². The minimum absolute atomic E-state index is 0.0947. The molecule has 0 radical (unpaired) electrons. The van der Waals surface area contributed by atoms with Crippen molar-refractivity contribution in [2.75, 3.05) is 6.54 Å². The summed E-state index contributed by atoms with van der Waals surface area (Å²) in [5, 5.41) is 3.73. The van der Waals surface area contributed by atoms with E-state index >= 15 is 0 Å². The Hall–Kier alpha value is -1.10. The fourth-order valence-electron chi connectivity index (χ4n) is 2.88. The lowest BCUT2D eigenvalue weighted by molar-refractivity contribution is 0.150. The van der Waals surface area contributed by atoms with E-state index in [4.69, 9.17) is 5.73 Å². The first-order chi connectivity index (χ1) is 7.63. The van der Waals surface area contributed by atoms with Crippen LogP contribution in [0.15, 0.2) is 9.32 Å². The molecule has 1 saturated carbocycles. The van der Waals surface area contributed by atoms with Crippen LogP contribution in [0.25, 0.3) is 0 Å². The Kier molecular flexibility index (Phi) is 3.14. The number of nitrogens with zero attached hydrogens (tertiary/aromatic N) is 1. The molecule has 1 fully saturated rings. The van der Waals surface area contributed by atoms with E-state index in [0.717, 1.165) is 19.3 Å². The summed E-state index contributed by atoms with van der Waals surface area (Å²) < 4.78 is 4.52. The number of rotatable bonds is 3. The fraction of sp³-hybridized carbons (Fsp3) is 0.818. The Morgan fingerprint density at radius 2 is 2.50 bits per heavy atom. The molecule has 90 valence electrons. The standard InChI is InChI=1S/C11H19N3O2/c1-8-3-2-4-11(5-8,7-12)6-9-13-10(15)16-14-9/h8H,2-7,12H2,1H3,(H,13,14,15). The van der Waals surface area contributed by atoms with Crippen LogP contribution in [-0.4, -0.2) is 16.7 Å². The molecule has 16 heavy (non-hydrogen) atoms. The highest BCUT2D eigenvalue weighted by Gasteiger charge is 2.34. The first-order valence-corrected chi connectivity index (χ1v) is 5.88. The van der Waals surface area contributed by atoms with E-state index in [0.29, 0.717) is 18.3 Å². The van der Waals surface area contributed by atoms with Crippen molar-refractivity contribution in [3.05, 3.63) is 16.4 Å². The highest BCUT2D eigenvalue weighted by atomic mass is 16.5. The number of nitrogens with two attached hydrogens (primary N) is 1. The highest BCUT2D eigenvalue weighted by Crippen LogP contribution is 2.40. The van der Waals surface area contributed by atoms with E-state index in [1.54, 1.807) is 0 Å². The number of hydrogen-bond acceptors (Lipinski definition) is 4. The van der Waals surface area contributed by atoms with Gasteiger partial charge in [-0.25, -0.2) is 4.79 Å². The second kappa shape index (κ2) is 4.41. The zero-order chi connectivity index (χ0) is 11.6. The number of aromatic amines is 1. The molecule has 2 rings (SSSR count). The topological polar surface area (TPSA) is 84.9 Å². The summed E-state index contributed by atoms with van der Waals surface area (Å²) in [6.45, 7) is 2.90. The van der Waals surface area contributed by atoms with Gasteiger partial charge in [-0.1, -0.05) is 24.9 Å². The molecule has 1 aromatic heterocycles. The Morgan fingerprint density at radius 1 is 1.69 bits per heavy atom. The fourth-order valence-corrected chi connectivity index (χ4v) is 2.88. The van der Waals surface area contributed by atoms with Gasteiger partial charge in [0.1, 0.15) is 0 Å². The van der Waals surface area contributed by atoms with Crippen molar-refractivity contribution in [3.63, 3.8) is 0 Å². The third kappa shape index (κ3) is 2.35. The first-order valence-electron chi connectivity index (χ1n) is 5.88. The molecule has 2 atom stereocenters. The summed E-state index contributed by atoms with van der Waals surface area (Å²) in [5.41, 5.74) is 6.00. The van der Waals surface area contributed by atoms with Gasteiger partial charge in [0.05, 0.1) is 0 Å². The van der Waals surface area contributed by atoms with Crippen molar-refractivity contribution in [1.29, 1.82) is 0 Å². The molecular formula is C11H19N3O2. The smallest absolute Gasteiger partial charge is 0.330 e. The molecule has 5 nitrogen and oxygen atoms in total. The van der Waals surface area contributed by atoms with Crippen LogP contribution in [0.4, 0.5) is 0 Å². The predicted octanol–water partition coefficient (Wildman–Crippen LogP) is 1.06. The van der Waals surface area contributed by atoms with Crippen molar-refractivity contribution in [1.82, 2.24) is 10.1 Å². The first kappa shape index (κ1) is 11.4. The van der Waals surface area contributed by atoms with Crippen LogP contribution in [0, 0.1) is 11.3 Å². The van der Waals surface area contributed by atoms with Crippen LogP contribution in [0.5, 0.6) is 0 Å². The van der Waals surface area contributed by atoms with Gasteiger partial charge in [0, 0.05) is 6.42 Å². The van der Waals surface area contributed by atoms with Crippen LogP contribution in [0.2, 0.25) is 0 Å². The van der Waals surface area contributed by atoms with Crippen LogP contribution in [0.3, 0.4) is 0 Å². The Morgan fingerprint density at radius 3 is 3.06 bits per heavy atom. The van der Waals surface area contributed by atoms with E-state index < -0.39 is 5.76 Å². The summed E-state index contributed by atoms with van der Waals surface area (Å²) in [4.78, 5) is 13.5. The maximum absolute atomic E-state index is 10.9. The highest BCUT2D eigenvalue weighted by molar-refractivity contribution is 4.94. The predicted molar refractivity (Wildman–Crippen MR) is 59.9 cm³/mol. The summed E-state index contributed by atoms with van der Waals surface area (Å²) in [7, 11) is 0. The molecule has 1 aliphatic carbocycles. The minimum Gasteiger partial charge on any atom is -0.330 e. The maximum atomic E-state index is 10.9. The van der Waals surface area contributed by atoms with E-state index in [-0.39, 0.29) is 5.41 Å². The third-order valence-corrected chi connectivity index (χ3v) is 3.65. The molecule has 1 aliphatic rings. The summed E-state index contributed by atoms with van der Waals surface area (Å²) in [6, 6.07) is 0.